The normalized spacial score (nSPS) is 31.4. The van der Waals surface area contributed by atoms with Gasteiger partial charge in [-0.3, -0.25) is 0 Å². The molecule has 2 aliphatic rings. The predicted molar refractivity (Wildman–Crippen MR) is 90.9 cm³/mol. The van der Waals surface area contributed by atoms with Crippen molar-refractivity contribution in [3.8, 4) is 0 Å². The molecule has 3 rings (SSSR count). The molecule has 118 valence electrons. The van der Waals surface area contributed by atoms with E-state index >= 15 is 0 Å². The largest absolute Gasteiger partial charge is 0.316 e. The van der Waals surface area contributed by atoms with Gasteiger partial charge in [-0.1, -0.05) is 27.7 Å². The summed E-state index contributed by atoms with van der Waals surface area (Å²) in [6.45, 7) is 11.4. The van der Waals surface area contributed by atoms with Crippen molar-refractivity contribution in [2.24, 2.45) is 17.3 Å². The van der Waals surface area contributed by atoms with Crippen LogP contribution in [0.4, 0.5) is 0 Å². The lowest BCUT2D eigenvalue weighted by atomic mass is 9.79. The number of hydrogen-bond acceptors (Lipinski definition) is 3. The van der Waals surface area contributed by atoms with Gasteiger partial charge in [-0.2, -0.15) is 0 Å². The molecule has 2 fully saturated rings. The van der Waals surface area contributed by atoms with E-state index in [0.29, 0.717) is 5.41 Å². The van der Waals surface area contributed by atoms with Gasteiger partial charge in [0.15, 0.2) is 0 Å². The molecule has 3 heteroatoms. The van der Waals surface area contributed by atoms with Gasteiger partial charge in [-0.05, 0) is 49.5 Å². The first-order valence-corrected chi connectivity index (χ1v) is 9.45. The van der Waals surface area contributed by atoms with Crippen LogP contribution in [0.2, 0.25) is 0 Å². The average molecular weight is 307 g/mol. The predicted octanol–water partition coefficient (Wildman–Crippen LogP) is 4.40. The lowest BCUT2D eigenvalue weighted by Gasteiger charge is -2.30. The van der Waals surface area contributed by atoms with E-state index in [1.54, 1.807) is 0 Å². The van der Waals surface area contributed by atoms with Crippen LogP contribution >= 0.6 is 11.3 Å². The molecule has 0 aromatic carbocycles. The Balaban J connectivity index is 1.68. The molecule has 2 unspecified atom stereocenters. The van der Waals surface area contributed by atoms with Crippen molar-refractivity contribution < 1.29 is 0 Å². The van der Waals surface area contributed by atoms with Gasteiger partial charge in [0.2, 0.25) is 0 Å². The second-order valence-electron chi connectivity index (χ2n) is 8.39. The molecule has 2 saturated carbocycles. The topological polar surface area (TPSA) is 24.9 Å². The molecule has 1 heterocycles. The Hall–Kier alpha value is -0.410. The highest BCUT2D eigenvalue weighted by atomic mass is 32.1. The van der Waals surface area contributed by atoms with Gasteiger partial charge >= 0.3 is 0 Å². The molecule has 0 saturated heterocycles. The first-order valence-electron chi connectivity index (χ1n) is 8.57. The van der Waals surface area contributed by atoms with Crippen molar-refractivity contribution in [2.45, 2.75) is 65.2 Å². The minimum absolute atomic E-state index is 0.181. The summed E-state index contributed by atoms with van der Waals surface area (Å²) < 4.78 is 0. The summed E-state index contributed by atoms with van der Waals surface area (Å²) >= 11 is 1.88. The van der Waals surface area contributed by atoms with Gasteiger partial charge in [0.05, 0.1) is 10.7 Å². The smallest absolute Gasteiger partial charge is 0.0934 e. The van der Waals surface area contributed by atoms with Crippen molar-refractivity contribution in [1.82, 2.24) is 10.3 Å². The molecular formula is C18H30N2S. The number of fused-ring (bicyclic) bond motifs is 1. The van der Waals surface area contributed by atoms with E-state index in [1.807, 2.05) is 11.3 Å². The quantitative estimate of drug-likeness (QED) is 0.788. The Bertz CT molecular complexity index is 476. The zero-order valence-corrected chi connectivity index (χ0v) is 14.9. The van der Waals surface area contributed by atoms with E-state index in [1.165, 1.54) is 49.4 Å². The van der Waals surface area contributed by atoms with Gasteiger partial charge in [0.25, 0.3) is 0 Å². The lowest BCUT2D eigenvalue weighted by molar-refractivity contribution is 0.248. The Morgan fingerprint density at radius 2 is 2.05 bits per heavy atom. The fraction of sp³-hybridized carbons (Fsp3) is 0.833. The van der Waals surface area contributed by atoms with E-state index in [9.17, 15) is 0 Å². The van der Waals surface area contributed by atoms with Crippen LogP contribution in [-0.4, -0.2) is 18.1 Å². The maximum absolute atomic E-state index is 4.95. The van der Waals surface area contributed by atoms with Crippen LogP contribution in [0.1, 0.15) is 64.1 Å². The Labute approximate surface area is 133 Å². The minimum atomic E-state index is 0.181. The van der Waals surface area contributed by atoms with E-state index < -0.39 is 0 Å². The van der Waals surface area contributed by atoms with Crippen LogP contribution in [0.15, 0.2) is 5.38 Å². The van der Waals surface area contributed by atoms with Gasteiger partial charge in [-0.15, -0.1) is 11.3 Å². The first kappa shape index (κ1) is 15.5. The maximum atomic E-state index is 4.95. The zero-order valence-electron chi connectivity index (χ0n) is 14.0. The van der Waals surface area contributed by atoms with Crippen molar-refractivity contribution in [3.63, 3.8) is 0 Å². The van der Waals surface area contributed by atoms with Crippen LogP contribution in [0, 0.1) is 17.3 Å². The van der Waals surface area contributed by atoms with Gasteiger partial charge in [0.1, 0.15) is 0 Å². The van der Waals surface area contributed by atoms with Crippen LogP contribution < -0.4 is 5.32 Å². The van der Waals surface area contributed by atoms with Crippen LogP contribution in [-0.2, 0) is 11.8 Å². The number of hydrogen-bond donors (Lipinski definition) is 1. The third-order valence-electron chi connectivity index (χ3n) is 5.23. The average Bonchev–Trinajstić information content (AvgIpc) is 2.84. The fourth-order valence-corrected chi connectivity index (χ4v) is 5.14. The Morgan fingerprint density at radius 1 is 1.33 bits per heavy atom. The van der Waals surface area contributed by atoms with Gasteiger partial charge < -0.3 is 5.32 Å². The SMILES string of the molecule is CCCNCC1(Cc2nc(C(C)(C)C)cs2)CC2CC2C1. The fourth-order valence-electron chi connectivity index (χ4n) is 3.94. The molecule has 2 aliphatic carbocycles. The second-order valence-corrected chi connectivity index (χ2v) is 9.34. The number of rotatable bonds is 6. The molecule has 1 N–H and O–H groups in total. The van der Waals surface area contributed by atoms with E-state index in [4.69, 9.17) is 4.98 Å². The number of nitrogens with zero attached hydrogens (tertiary/aromatic N) is 1. The molecule has 1 aromatic heterocycles. The van der Waals surface area contributed by atoms with Gasteiger partial charge in [-0.25, -0.2) is 4.98 Å². The highest BCUT2D eigenvalue weighted by molar-refractivity contribution is 7.09. The Kier molecular flexibility index (Phi) is 4.17. The molecule has 0 bridgehead atoms. The van der Waals surface area contributed by atoms with E-state index in [-0.39, 0.29) is 5.41 Å². The van der Waals surface area contributed by atoms with Gasteiger partial charge in [0, 0.05) is 23.8 Å². The van der Waals surface area contributed by atoms with E-state index in [0.717, 1.165) is 18.4 Å². The molecule has 2 nitrogen and oxygen atoms in total. The van der Waals surface area contributed by atoms with Crippen molar-refractivity contribution in [1.29, 1.82) is 0 Å². The van der Waals surface area contributed by atoms with Crippen LogP contribution in [0.25, 0.3) is 0 Å². The molecule has 0 radical (unpaired) electrons. The first-order chi connectivity index (χ1) is 9.92. The van der Waals surface area contributed by atoms with E-state index in [2.05, 4.69) is 38.4 Å². The molecule has 1 aromatic rings. The Morgan fingerprint density at radius 3 is 2.62 bits per heavy atom. The number of aromatic nitrogens is 1. The molecule has 0 amide bonds. The third kappa shape index (κ3) is 3.50. The summed E-state index contributed by atoms with van der Waals surface area (Å²) in [5.74, 6) is 2.07. The number of thiazole rings is 1. The summed E-state index contributed by atoms with van der Waals surface area (Å²) in [7, 11) is 0. The standard InChI is InChI=1S/C18H30N2S/c1-5-6-19-12-18(8-13-7-14(13)9-18)10-16-20-15(11-21-16)17(2,3)4/h11,13-14,19H,5-10,12H2,1-4H3. The summed E-state index contributed by atoms with van der Waals surface area (Å²) in [4.78, 5) is 4.95. The van der Waals surface area contributed by atoms with Crippen molar-refractivity contribution in [2.75, 3.05) is 13.1 Å². The van der Waals surface area contributed by atoms with Crippen LogP contribution in [0.5, 0.6) is 0 Å². The summed E-state index contributed by atoms with van der Waals surface area (Å²) in [5, 5.41) is 7.33. The summed E-state index contributed by atoms with van der Waals surface area (Å²) in [6.07, 6.45) is 6.78. The monoisotopic (exact) mass is 306 g/mol. The molecule has 0 aliphatic heterocycles. The molecular weight excluding hydrogens is 276 g/mol. The summed E-state index contributed by atoms with van der Waals surface area (Å²) in [5.41, 5.74) is 1.94. The van der Waals surface area contributed by atoms with Crippen molar-refractivity contribution in [3.05, 3.63) is 16.1 Å². The minimum Gasteiger partial charge on any atom is -0.316 e. The third-order valence-corrected chi connectivity index (χ3v) is 6.08. The highest BCUT2D eigenvalue weighted by Crippen LogP contribution is 2.60. The summed E-state index contributed by atoms with van der Waals surface area (Å²) in [6, 6.07) is 0. The molecule has 21 heavy (non-hydrogen) atoms. The highest BCUT2D eigenvalue weighted by Gasteiger charge is 2.53. The second kappa shape index (κ2) is 5.66. The maximum Gasteiger partial charge on any atom is 0.0934 e. The number of nitrogens with one attached hydrogen (secondary N) is 1. The lowest BCUT2D eigenvalue weighted by Crippen LogP contribution is -2.35. The zero-order chi connectivity index (χ0) is 15.1. The van der Waals surface area contributed by atoms with Crippen molar-refractivity contribution >= 4 is 11.3 Å². The van der Waals surface area contributed by atoms with Crippen LogP contribution in [0.3, 0.4) is 0 Å². The molecule has 2 atom stereocenters. The molecule has 0 spiro atoms.